The summed E-state index contributed by atoms with van der Waals surface area (Å²) in [6, 6.07) is 3.12. The Balaban J connectivity index is 2.89. The summed E-state index contributed by atoms with van der Waals surface area (Å²) in [7, 11) is 1.77. The average Bonchev–Trinajstić information content (AvgIpc) is 2.32. The summed E-state index contributed by atoms with van der Waals surface area (Å²) < 4.78 is 0. The summed E-state index contributed by atoms with van der Waals surface area (Å²) in [5, 5.41) is 23.0. The molecule has 0 fully saturated rings. The molecule has 2 unspecified atom stereocenters. The quantitative estimate of drug-likeness (QED) is 0.617. The van der Waals surface area contributed by atoms with Crippen LogP contribution in [0.2, 0.25) is 10.0 Å². The van der Waals surface area contributed by atoms with Crippen LogP contribution in [0, 0.1) is 0 Å². The number of nitrogen functional groups attached to an aromatic ring is 1. The van der Waals surface area contributed by atoms with E-state index in [1.165, 1.54) is 0 Å². The van der Waals surface area contributed by atoms with Gasteiger partial charge in [-0.05, 0) is 26.1 Å². The maximum absolute atomic E-state index is 9.95. The minimum atomic E-state index is -1.08. The highest BCUT2D eigenvalue weighted by Gasteiger charge is 2.22. The van der Waals surface area contributed by atoms with Crippen molar-refractivity contribution < 1.29 is 10.2 Å². The lowest BCUT2D eigenvalue weighted by Gasteiger charge is -2.20. The third kappa shape index (κ3) is 3.47. The van der Waals surface area contributed by atoms with Gasteiger partial charge in [-0.15, -0.1) is 0 Å². The van der Waals surface area contributed by atoms with Crippen LogP contribution < -0.4 is 11.1 Å². The number of hydrogen-bond donors (Lipinski definition) is 4. The van der Waals surface area contributed by atoms with Crippen molar-refractivity contribution in [2.75, 3.05) is 19.3 Å². The standard InChI is InChI=1S/C11H16Cl2N2O2/c1-15-5-4-8(16)11(17)6-2-3-7(14)10(13)9(6)12/h2-3,8,11,15-17H,4-5,14H2,1H3. The molecule has 1 rings (SSSR count). The maximum Gasteiger partial charge on any atom is 0.106 e. The topological polar surface area (TPSA) is 78.5 Å². The van der Waals surface area contributed by atoms with Crippen LogP contribution in [0.1, 0.15) is 18.1 Å². The number of rotatable bonds is 5. The summed E-state index contributed by atoms with van der Waals surface area (Å²) in [5.41, 5.74) is 6.30. The number of benzene rings is 1. The van der Waals surface area contributed by atoms with Gasteiger partial charge in [-0.1, -0.05) is 29.3 Å². The number of halogens is 2. The second-order valence-electron chi connectivity index (χ2n) is 3.78. The van der Waals surface area contributed by atoms with E-state index in [1.54, 1.807) is 19.2 Å². The van der Waals surface area contributed by atoms with Crippen molar-refractivity contribution in [2.24, 2.45) is 0 Å². The smallest absolute Gasteiger partial charge is 0.106 e. The van der Waals surface area contributed by atoms with E-state index in [1.807, 2.05) is 0 Å². The van der Waals surface area contributed by atoms with Crippen LogP contribution in [0.5, 0.6) is 0 Å². The van der Waals surface area contributed by atoms with Crippen molar-refractivity contribution in [1.29, 1.82) is 0 Å². The zero-order chi connectivity index (χ0) is 13.0. The Morgan fingerprint density at radius 3 is 2.53 bits per heavy atom. The van der Waals surface area contributed by atoms with Crippen LogP contribution in [0.3, 0.4) is 0 Å². The predicted octanol–water partition coefficient (Wildman–Crippen LogP) is 1.58. The first-order valence-corrected chi connectivity index (χ1v) is 5.98. The van der Waals surface area contributed by atoms with E-state index < -0.39 is 12.2 Å². The van der Waals surface area contributed by atoms with Gasteiger partial charge in [0.15, 0.2) is 0 Å². The van der Waals surface area contributed by atoms with Gasteiger partial charge in [0.1, 0.15) is 6.10 Å². The number of nitrogens with two attached hydrogens (primary N) is 1. The molecule has 5 N–H and O–H groups in total. The molecule has 0 bridgehead atoms. The van der Waals surface area contributed by atoms with Crippen LogP contribution in [-0.4, -0.2) is 29.9 Å². The Labute approximate surface area is 110 Å². The first kappa shape index (κ1) is 14.5. The minimum absolute atomic E-state index is 0.183. The second kappa shape index (κ2) is 6.42. The second-order valence-corrected chi connectivity index (χ2v) is 4.53. The van der Waals surface area contributed by atoms with E-state index >= 15 is 0 Å². The lowest BCUT2D eigenvalue weighted by Crippen LogP contribution is -2.23. The average molecular weight is 279 g/mol. The summed E-state index contributed by atoms with van der Waals surface area (Å²) in [4.78, 5) is 0. The SMILES string of the molecule is CNCCC(O)C(O)c1ccc(N)c(Cl)c1Cl. The molecule has 0 spiro atoms. The van der Waals surface area contributed by atoms with Gasteiger partial charge >= 0.3 is 0 Å². The molecule has 0 aliphatic heterocycles. The van der Waals surface area contributed by atoms with Crippen molar-refractivity contribution in [2.45, 2.75) is 18.6 Å². The largest absolute Gasteiger partial charge is 0.397 e. The molecular formula is C11H16Cl2N2O2. The van der Waals surface area contributed by atoms with E-state index in [0.717, 1.165) is 0 Å². The predicted molar refractivity (Wildman–Crippen MR) is 70.4 cm³/mol. The van der Waals surface area contributed by atoms with Gasteiger partial charge in [0.25, 0.3) is 0 Å². The third-order valence-electron chi connectivity index (χ3n) is 2.52. The molecule has 0 saturated carbocycles. The van der Waals surface area contributed by atoms with E-state index in [-0.39, 0.29) is 10.0 Å². The van der Waals surface area contributed by atoms with E-state index in [0.29, 0.717) is 24.2 Å². The normalized spacial score (nSPS) is 14.6. The van der Waals surface area contributed by atoms with Crippen LogP contribution in [-0.2, 0) is 0 Å². The van der Waals surface area contributed by atoms with E-state index in [4.69, 9.17) is 28.9 Å². The number of hydrogen-bond acceptors (Lipinski definition) is 4. The molecule has 1 aromatic carbocycles. The molecule has 0 aliphatic carbocycles. The highest BCUT2D eigenvalue weighted by molar-refractivity contribution is 6.44. The summed E-state index contributed by atoms with van der Waals surface area (Å²) >= 11 is 11.8. The molecule has 6 heteroatoms. The number of nitrogens with one attached hydrogen (secondary N) is 1. The fourth-order valence-electron chi connectivity index (χ4n) is 1.47. The van der Waals surface area contributed by atoms with Crippen molar-refractivity contribution >= 4 is 28.9 Å². The zero-order valence-corrected chi connectivity index (χ0v) is 11.0. The Morgan fingerprint density at radius 2 is 1.94 bits per heavy atom. The molecule has 0 aromatic heterocycles. The fourth-order valence-corrected chi connectivity index (χ4v) is 1.92. The molecule has 0 saturated heterocycles. The molecule has 0 amide bonds. The first-order valence-electron chi connectivity index (χ1n) is 5.23. The van der Waals surface area contributed by atoms with Crippen LogP contribution in [0.25, 0.3) is 0 Å². The van der Waals surface area contributed by atoms with Crippen molar-refractivity contribution in [1.82, 2.24) is 5.32 Å². The highest BCUT2D eigenvalue weighted by atomic mass is 35.5. The molecule has 2 atom stereocenters. The van der Waals surface area contributed by atoms with Gasteiger partial charge in [0.2, 0.25) is 0 Å². The fraction of sp³-hybridized carbons (Fsp3) is 0.455. The molecular weight excluding hydrogens is 263 g/mol. The van der Waals surface area contributed by atoms with Crippen molar-refractivity contribution in [3.8, 4) is 0 Å². The van der Waals surface area contributed by atoms with Gasteiger partial charge in [-0.2, -0.15) is 0 Å². The van der Waals surface area contributed by atoms with Crippen molar-refractivity contribution in [3.63, 3.8) is 0 Å². The molecule has 1 aromatic rings. The monoisotopic (exact) mass is 278 g/mol. The number of aliphatic hydroxyl groups is 2. The van der Waals surface area contributed by atoms with Crippen LogP contribution in [0.4, 0.5) is 5.69 Å². The Hall–Kier alpha value is -0.520. The molecule has 4 nitrogen and oxygen atoms in total. The van der Waals surface area contributed by atoms with Gasteiger partial charge < -0.3 is 21.3 Å². The van der Waals surface area contributed by atoms with Gasteiger partial charge in [-0.25, -0.2) is 0 Å². The van der Waals surface area contributed by atoms with Gasteiger partial charge in [0, 0.05) is 5.56 Å². The minimum Gasteiger partial charge on any atom is -0.397 e. The van der Waals surface area contributed by atoms with Crippen LogP contribution in [0.15, 0.2) is 12.1 Å². The lowest BCUT2D eigenvalue weighted by atomic mass is 10.0. The molecule has 0 radical (unpaired) electrons. The molecule has 96 valence electrons. The van der Waals surface area contributed by atoms with Crippen molar-refractivity contribution in [3.05, 3.63) is 27.7 Å². The number of aliphatic hydroxyl groups excluding tert-OH is 2. The summed E-state index contributed by atoms with van der Waals surface area (Å²) in [5.74, 6) is 0. The van der Waals surface area contributed by atoms with E-state index in [2.05, 4.69) is 5.32 Å². The molecule has 0 heterocycles. The molecule has 17 heavy (non-hydrogen) atoms. The maximum atomic E-state index is 9.95. The zero-order valence-electron chi connectivity index (χ0n) is 9.45. The van der Waals surface area contributed by atoms with Gasteiger partial charge in [0.05, 0.1) is 21.8 Å². The lowest BCUT2D eigenvalue weighted by molar-refractivity contribution is 0.0141. The Bertz CT molecular complexity index is 388. The Kier molecular flexibility index (Phi) is 5.49. The van der Waals surface area contributed by atoms with E-state index in [9.17, 15) is 10.2 Å². The third-order valence-corrected chi connectivity index (χ3v) is 3.43. The molecule has 0 aliphatic rings. The van der Waals surface area contributed by atoms with Gasteiger partial charge in [-0.3, -0.25) is 0 Å². The first-order chi connectivity index (χ1) is 7.99. The Morgan fingerprint density at radius 1 is 1.29 bits per heavy atom. The number of anilines is 1. The highest BCUT2D eigenvalue weighted by Crippen LogP contribution is 2.35. The van der Waals surface area contributed by atoms with Crippen LogP contribution >= 0.6 is 23.2 Å². The summed E-state index contributed by atoms with van der Waals surface area (Å²) in [6.07, 6.45) is -1.57. The summed E-state index contributed by atoms with van der Waals surface area (Å²) in [6.45, 7) is 0.596.